The van der Waals surface area contributed by atoms with Crippen molar-refractivity contribution in [1.82, 2.24) is 4.90 Å². The Hall–Kier alpha value is -1.84. The van der Waals surface area contributed by atoms with Crippen LogP contribution < -0.4 is 4.74 Å². The van der Waals surface area contributed by atoms with Crippen LogP contribution in [0.3, 0.4) is 0 Å². The van der Waals surface area contributed by atoms with Gasteiger partial charge in [0.2, 0.25) is 0 Å². The first-order valence-electron chi connectivity index (χ1n) is 9.28. The summed E-state index contributed by atoms with van der Waals surface area (Å²) in [6.07, 6.45) is 3.23. The van der Waals surface area contributed by atoms with Crippen molar-refractivity contribution in [2.45, 2.75) is 44.2 Å². The number of esters is 1. The van der Waals surface area contributed by atoms with Crippen molar-refractivity contribution in [2.24, 2.45) is 5.92 Å². The van der Waals surface area contributed by atoms with Gasteiger partial charge in [-0.1, -0.05) is 41.4 Å². The van der Waals surface area contributed by atoms with Gasteiger partial charge in [0.15, 0.2) is 0 Å². The van der Waals surface area contributed by atoms with Gasteiger partial charge in [0, 0.05) is 23.0 Å². The second-order valence-corrected chi connectivity index (χ2v) is 8.05. The number of fused-ring (bicyclic) bond motifs is 2. The molecule has 0 radical (unpaired) electrons. The van der Waals surface area contributed by atoms with Crippen molar-refractivity contribution in [1.29, 1.82) is 0 Å². The predicted octanol–water partition coefficient (Wildman–Crippen LogP) is 4.82. The van der Waals surface area contributed by atoms with Crippen LogP contribution in [-0.2, 0) is 4.79 Å². The zero-order chi connectivity index (χ0) is 18.3. The number of ether oxygens (including phenoxy) is 1. The average molecular weight is 370 g/mol. The molecular formula is C22H24ClNO2. The predicted molar refractivity (Wildman–Crippen MR) is 104 cm³/mol. The third kappa shape index (κ3) is 3.26. The lowest BCUT2D eigenvalue weighted by Gasteiger charge is -2.41. The van der Waals surface area contributed by atoms with Gasteiger partial charge in [-0.05, 0) is 63.1 Å². The molecule has 2 fully saturated rings. The molecule has 2 saturated heterocycles. The molecule has 26 heavy (non-hydrogen) atoms. The van der Waals surface area contributed by atoms with Gasteiger partial charge >= 0.3 is 5.97 Å². The summed E-state index contributed by atoms with van der Waals surface area (Å²) in [6.45, 7) is 2.09. The number of carbonyl (C=O) groups excluding carboxylic acids is 1. The molecule has 2 heterocycles. The van der Waals surface area contributed by atoms with Gasteiger partial charge in [-0.15, -0.1) is 0 Å². The maximum atomic E-state index is 13.2. The molecule has 2 aliphatic rings. The molecule has 4 heteroatoms. The maximum Gasteiger partial charge on any atom is 0.316 e. The smallest absolute Gasteiger partial charge is 0.316 e. The minimum Gasteiger partial charge on any atom is -0.426 e. The molecule has 2 aliphatic heterocycles. The number of nitrogens with zero attached hydrogens (tertiary/aromatic N) is 1. The fraction of sp³-hybridized carbons (Fsp3) is 0.409. The van der Waals surface area contributed by atoms with Crippen LogP contribution in [0.2, 0.25) is 5.02 Å². The Morgan fingerprint density at radius 1 is 1.08 bits per heavy atom. The van der Waals surface area contributed by atoms with Gasteiger partial charge in [0.1, 0.15) is 5.75 Å². The van der Waals surface area contributed by atoms with Crippen LogP contribution in [-0.4, -0.2) is 30.0 Å². The molecular weight excluding hydrogens is 346 g/mol. The molecule has 4 unspecified atom stereocenters. The van der Waals surface area contributed by atoms with E-state index in [4.69, 9.17) is 16.3 Å². The molecule has 0 saturated carbocycles. The quantitative estimate of drug-likeness (QED) is 0.573. The first kappa shape index (κ1) is 17.6. The normalized spacial score (nSPS) is 28.1. The first-order valence-corrected chi connectivity index (χ1v) is 9.66. The maximum absolute atomic E-state index is 13.2. The Kier molecular flexibility index (Phi) is 4.76. The number of rotatable bonds is 3. The molecule has 2 aromatic carbocycles. The van der Waals surface area contributed by atoms with Crippen LogP contribution in [0.4, 0.5) is 0 Å². The number of aryl methyl sites for hydroxylation is 1. The summed E-state index contributed by atoms with van der Waals surface area (Å²) in [5.41, 5.74) is 2.49. The lowest BCUT2D eigenvalue weighted by Crippen LogP contribution is -2.49. The fourth-order valence-electron chi connectivity index (χ4n) is 4.63. The van der Waals surface area contributed by atoms with Gasteiger partial charge < -0.3 is 4.74 Å². The Morgan fingerprint density at radius 3 is 2.46 bits per heavy atom. The summed E-state index contributed by atoms with van der Waals surface area (Å²) in [6, 6.07) is 16.4. The van der Waals surface area contributed by atoms with Crippen molar-refractivity contribution in [2.75, 3.05) is 7.05 Å². The molecule has 0 aromatic heterocycles. The molecule has 3 nitrogen and oxygen atoms in total. The molecule has 0 spiro atoms. The zero-order valence-corrected chi connectivity index (χ0v) is 15.9. The lowest BCUT2D eigenvalue weighted by atomic mass is 9.76. The van der Waals surface area contributed by atoms with E-state index in [1.54, 1.807) is 24.3 Å². The third-order valence-electron chi connectivity index (χ3n) is 6.08. The summed E-state index contributed by atoms with van der Waals surface area (Å²) >= 11 is 5.94. The van der Waals surface area contributed by atoms with Crippen molar-refractivity contribution < 1.29 is 9.53 Å². The molecule has 0 aliphatic carbocycles. The number of halogens is 1. The molecule has 2 aromatic rings. The topological polar surface area (TPSA) is 29.5 Å². The Bertz CT molecular complexity index is 787. The minimum atomic E-state index is -0.142. The number of carbonyl (C=O) groups is 1. The first-order chi connectivity index (χ1) is 12.5. The molecule has 0 N–H and O–H groups in total. The number of hydrogen-bond acceptors (Lipinski definition) is 3. The molecule has 0 amide bonds. The van der Waals surface area contributed by atoms with Crippen molar-refractivity contribution in [3.8, 4) is 5.75 Å². The van der Waals surface area contributed by atoms with E-state index in [1.807, 2.05) is 0 Å². The van der Waals surface area contributed by atoms with Gasteiger partial charge in [0.05, 0.1) is 5.92 Å². The highest BCUT2D eigenvalue weighted by atomic mass is 35.5. The van der Waals surface area contributed by atoms with Gasteiger partial charge in [-0.3, -0.25) is 9.69 Å². The van der Waals surface area contributed by atoms with Crippen LogP contribution in [0.1, 0.15) is 36.3 Å². The highest BCUT2D eigenvalue weighted by Crippen LogP contribution is 2.46. The Labute approximate surface area is 159 Å². The average Bonchev–Trinajstić information content (AvgIpc) is 2.87. The van der Waals surface area contributed by atoms with Crippen molar-refractivity contribution in [3.63, 3.8) is 0 Å². The highest BCUT2D eigenvalue weighted by molar-refractivity contribution is 6.30. The van der Waals surface area contributed by atoms with Crippen molar-refractivity contribution >= 4 is 17.6 Å². The van der Waals surface area contributed by atoms with E-state index >= 15 is 0 Å². The van der Waals surface area contributed by atoms with Crippen LogP contribution in [0, 0.1) is 12.8 Å². The summed E-state index contributed by atoms with van der Waals surface area (Å²) in [7, 11) is 2.15. The zero-order valence-electron chi connectivity index (χ0n) is 15.2. The summed E-state index contributed by atoms with van der Waals surface area (Å²) < 4.78 is 5.76. The van der Waals surface area contributed by atoms with Crippen LogP contribution in [0.15, 0.2) is 48.5 Å². The highest BCUT2D eigenvalue weighted by Gasteiger charge is 2.49. The second kappa shape index (κ2) is 7.05. The number of piperidine rings is 1. The van der Waals surface area contributed by atoms with Crippen molar-refractivity contribution in [3.05, 3.63) is 64.7 Å². The largest absolute Gasteiger partial charge is 0.426 e. The van der Waals surface area contributed by atoms with Crippen LogP contribution in [0.5, 0.6) is 5.75 Å². The molecule has 4 atom stereocenters. The number of hydrogen-bond donors (Lipinski definition) is 0. The SMILES string of the molecule is Cc1ccc(C2CC3CCC(C2C(=O)Oc2ccc(Cl)cc2)N3C)cc1. The monoisotopic (exact) mass is 369 g/mol. The third-order valence-corrected chi connectivity index (χ3v) is 6.33. The van der Waals surface area contributed by atoms with Gasteiger partial charge in [0.25, 0.3) is 0 Å². The van der Waals surface area contributed by atoms with E-state index in [0.717, 1.165) is 19.3 Å². The van der Waals surface area contributed by atoms with Gasteiger partial charge in [-0.2, -0.15) is 0 Å². The molecule has 136 valence electrons. The standard InChI is InChI=1S/C22H24ClNO2/c1-14-3-5-15(6-4-14)19-13-17-9-12-20(24(17)2)21(19)22(25)26-18-10-7-16(23)8-11-18/h3-8,10-11,17,19-21H,9,12-13H2,1-2H3. The van der Waals surface area contributed by atoms with E-state index < -0.39 is 0 Å². The number of benzene rings is 2. The van der Waals surface area contributed by atoms with E-state index in [0.29, 0.717) is 16.8 Å². The van der Waals surface area contributed by atoms with Crippen LogP contribution >= 0.6 is 11.6 Å². The van der Waals surface area contributed by atoms with Gasteiger partial charge in [-0.25, -0.2) is 0 Å². The van der Waals surface area contributed by atoms with E-state index in [-0.39, 0.29) is 23.8 Å². The fourth-order valence-corrected chi connectivity index (χ4v) is 4.76. The lowest BCUT2D eigenvalue weighted by molar-refractivity contribution is -0.143. The van der Waals surface area contributed by atoms with E-state index in [1.165, 1.54) is 11.1 Å². The Morgan fingerprint density at radius 2 is 1.77 bits per heavy atom. The summed E-state index contributed by atoms with van der Waals surface area (Å²) in [4.78, 5) is 15.5. The molecule has 4 rings (SSSR count). The van der Waals surface area contributed by atoms with E-state index in [2.05, 4.69) is 43.1 Å². The molecule has 2 bridgehead atoms. The Balaban J connectivity index is 1.63. The minimum absolute atomic E-state index is 0.130. The summed E-state index contributed by atoms with van der Waals surface area (Å²) in [5, 5.41) is 0.637. The van der Waals surface area contributed by atoms with Crippen LogP contribution in [0.25, 0.3) is 0 Å². The van der Waals surface area contributed by atoms with E-state index in [9.17, 15) is 4.79 Å². The second-order valence-electron chi connectivity index (χ2n) is 7.62. The summed E-state index contributed by atoms with van der Waals surface area (Å²) in [5.74, 6) is 0.501.